The first kappa shape index (κ1) is 23.3. The van der Waals surface area contributed by atoms with Crippen LogP contribution in [0.3, 0.4) is 0 Å². The van der Waals surface area contributed by atoms with Crippen LogP contribution in [-0.4, -0.2) is 73.9 Å². The summed E-state index contributed by atoms with van der Waals surface area (Å²) in [5.74, 6) is -0.144. The summed E-state index contributed by atoms with van der Waals surface area (Å²) in [6.07, 6.45) is 2.86. The van der Waals surface area contributed by atoms with Crippen LogP contribution in [0.2, 0.25) is 0 Å². The molecule has 0 radical (unpaired) electrons. The van der Waals surface area contributed by atoms with E-state index >= 15 is 0 Å². The zero-order chi connectivity index (χ0) is 24.4. The maximum Gasteiger partial charge on any atom is 0.264 e. The lowest BCUT2D eigenvalue weighted by Crippen LogP contribution is -2.52. The lowest BCUT2D eigenvalue weighted by atomic mass is 10.1. The number of pyridine rings is 1. The first-order chi connectivity index (χ1) is 16.9. The summed E-state index contributed by atoms with van der Waals surface area (Å²) in [7, 11) is -3.87. The van der Waals surface area contributed by atoms with Gasteiger partial charge in [-0.05, 0) is 49.2 Å². The second-order valence-corrected chi connectivity index (χ2v) is 10.3. The molecule has 2 aliphatic rings. The number of amides is 2. The van der Waals surface area contributed by atoms with Gasteiger partial charge in [-0.25, -0.2) is 8.42 Å². The van der Waals surface area contributed by atoms with Gasteiger partial charge in [0, 0.05) is 55.6 Å². The molecule has 1 N–H and O–H groups in total. The molecule has 2 aliphatic heterocycles. The van der Waals surface area contributed by atoms with Gasteiger partial charge in [0.25, 0.3) is 21.8 Å². The van der Waals surface area contributed by atoms with Crippen LogP contribution in [0.5, 0.6) is 0 Å². The van der Waals surface area contributed by atoms with Crippen molar-refractivity contribution in [1.82, 2.24) is 14.8 Å². The maximum absolute atomic E-state index is 13.0. The smallest absolute Gasteiger partial charge is 0.264 e. The van der Waals surface area contributed by atoms with Gasteiger partial charge in [0.05, 0.1) is 5.52 Å². The highest BCUT2D eigenvalue weighted by molar-refractivity contribution is 7.93. The number of sulfonamides is 1. The third-order valence-corrected chi connectivity index (χ3v) is 7.77. The Bertz CT molecular complexity index is 1340. The Labute approximate surface area is 203 Å². The standard InChI is InChI=1S/C25H26N4O5S/c30-24(28-13-15-29(16-14-28)25(31)21-6-3-17-34-21)19-8-10-20(11-9-19)27-35(32,33)22-7-1-4-18-5-2-12-26-23(18)22/h1-2,4-5,7-12,21,27H,3,6,13-17H2. The summed E-state index contributed by atoms with van der Waals surface area (Å²) in [5, 5.41) is 0.730. The number of rotatable bonds is 5. The van der Waals surface area contributed by atoms with Gasteiger partial charge in [-0.2, -0.15) is 0 Å². The fourth-order valence-electron chi connectivity index (χ4n) is 4.47. The number of carbonyl (C=O) groups is 2. The molecule has 5 rings (SSSR count). The van der Waals surface area contributed by atoms with Gasteiger partial charge in [-0.15, -0.1) is 0 Å². The number of hydrogen-bond acceptors (Lipinski definition) is 6. The monoisotopic (exact) mass is 494 g/mol. The molecule has 3 heterocycles. The second kappa shape index (κ2) is 9.63. The Kier molecular flexibility index (Phi) is 6.40. The molecular weight excluding hydrogens is 468 g/mol. The van der Waals surface area contributed by atoms with E-state index in [1.54, 1.807) is 64.5 Å². The predicted molar refractivity (Wildman–Crippen MR) is 130 cm³/mol. The molecule has 2 saturated heterocycles. The van der Waals surface area contributed by atoms with Crippen LogP contribution >= 0.6 is 0 Å². The molecule has 9 nitrogen and oxygen atoms in total. The molecule has 3 aromatic rings. The highest BCUT2D eigenvalue weighted by Gasteiger charge is 2.31. The summed E-state index contributed by atoms with van der Waals surface area (Å²) in [6.45, 7) is 2.46. The van der Waals surface area contributed by atoms with Crippen LogP contribution < -0.4 is 4.72 Å². The Morgan fingerprint density at radius 1 is 0.943 bits per heavy atom. The molecule has 0 bridgehead atoms. The van der Waals surface area contributed by atoms with Crippen LogP contribution in [-0.2, 0) is 19.6 Å². The topological polar surface area (TPSA) is 109 Å². The number of nitrogens with zero attached hydrogens (tertiary/aromatic N) is 3. The number of para-hydroxylation sites is 1. The Hall–Kier alpha value is -3.50. The molecule has 2 fully saturated rings. The Morgan fingerprint density at radius 2 is 1.66 bits per heavy atom. The summed E-state index contributed by atoms with van der Waals surface area (Å²) in [5.41, 5.74) is 1.20. The van der Waals surface area contributed by atoms with Crippen LogP contribution in [0, 0.1) is 0 Å². The van der Waals surface area contributed by atoms with Crippen molar-refractivity contribution in [2.75, 3.05) is 37.5 Å². The number of aromatic nitrogens is 1. The van der Waals surface area contributed by atoms with E-state index in [4.69, 9.17) is 4.74 Å². The fraction of sp³-hybridized carbons (Fsp3) is 0.320. The molecule has 0 saturated carbocycles. The molecule has 0 aliphatic carbocycles. The summed E-state index contributed by atoms with van der Waals surface area (Å²) >= 11 is 0. The predicted octanol–water partition coefficient (Wildman–Crippen LogP) is 2.50. The first-order valence-electron chi connectivity index (χ1n) is 11.6. The molecule has 35 heavy (non-hydrogen) atoms. The van der Waals surface area contributed by atoms with Crippen molar-refractivity contribution in [3.8, 4) is 0 Å². The number of anilines is 1. The molecule has 2 amide bonds. The largest absolute Gasteiger partial charge is 0.368 e. The van der Waals surface area contributed by atoms with E-state index in [-0.39, 0.29) is 22.8 Å². The lowest BCUT2D eigenvalue weighted by molar-refractivity contribution is -0.142. The van der Waals surface area contributed by atoms with Crippen LogP contribution in [0.1, 0.15) is 23.2 Å². The number of carbonyl (C=O) groups excluding carboxylic acids is 2. The highest BCUT2D eigenvalue weighted by Crippen LogP contribution is 2.24. The minimum Gasteiger partial charge on any atom is -0.368 e. The van der Waals surface area contributed by atoms with E-state index < -0.39 is 10.0 Å². The van der Waals surface area contributed by atoms with Crippen molar-refractivity contribution in [3.05, 3.63) is 66.4 Å². The quantitative estimate of drug-likeness (QED) is 0.584. The van der Waals surface area contributed by atoms with Crippen molar-refractivity contribution in [2.24, 2.45) is 0 Å². The van der Waals surface area contributed by atoms with Gasteiger partial charge in [0.1, 0.15) is 11.0 Å². The molecule has 1 aromatic heterocycles. The van der Waals surface area contributed by atoms with Gasteiger partial charge in [0.2, 0.25) is 0 Å². The van der Waals surface area contributed by atoms with Gasteiger partial charge in [-0.1, -0.05) is 18.2 Å². The van der Waals surface area contributed by atoms with E-state index in [0.29, 0.717) is 49.6 Å². The molecule has 182 valence electrons. The number of benzene rings is 2. The Balaban J connectivity index is 1.23. The zero-order valence-electron chi connectivity index (χ0n) is 19.1. The average Bonchev–Trinajstić information content (AvgIpc) is 3.43. The summed E-state index contributed by atoms with van der Waals surface area (Å²) in [4.78, 5) is 33.2. The number of fused-ring (bicyclic) bond motifs is 1. The molecule has 10 heteroatoms. The average molecular weight is 495 g/mol. The third kappa shape index (κ3) is 4.85. The van der Waals surface area contributed by atoms with Gasteiger partial charge in [-0.3, -0.25) is 19.3 Å². The molecule has 1 atom stereocenters. The molecule has 2 aromatic carbocycles. The van der Waals surface area contributed by atoms with E-state index in [1.165, 1.54) is 6.07 Å². The number of nitrogens with one attached hydrogen (secondary N) is 1. The molecule has 0 spiro atoms. The van der Waals surface area contributed by atoms with E-state index in [2.05, 4.69) is 9.71 Å². The number of piperazine rings is 1. The van der Waals surface area contributed by atoms with Crippen molar-refractivity contribution in [1.29, 1.82) is 0 Å². The summed E-state index contributed by atoms with van der Waals surface area (Å²) in [6, 6.07) is 14.9. The van der Waals surface area contributed by atoms with Gasteiger partial charge >= 0.3 is 0 Å². The van der Waals surface area contributed by atoms with Crippen LogP contribution in [0.25, 0.3) is 10.9 Å². The minimum atomic E-state index is -3.87. The van der Waals surface area contributed by atoms with Crippen molar-refractivity contribution >= 4 is 38.4 Å². The van der Waals surface area contributed by atoms with Crippen molar-refractivity contribution in [2.45, 2.75) is 23.8 Å². The third-order valence-electron chi connectivity index (χ3n) is 6.35. The van der Waals surface area contributed by atoms with Crippen LogP contribution in [0.4, 0.5) is 5.69 Å². The second-order valence-electron chi connectivity index (χ2n) is 8.63. The van der Waals surface area contributed by atoms with Gasteiger partial charge in [0.15, 0.2) is 0 Å². The van der Waals surface area contributed by atoms with Crippen LogP contribution in [0.15, 0.2) is 65.7 Å². The number of hydrogen-bond donors (Lipinski definition) is 1. The fourth-order valence-corrected chi connectivity index (χ4v) is 5.71. The van der Waals surface area contributed by atoms with E-state index in [1.807, 2.05) is 0 Å². The van der Waals surface area contributed by atoms with Gasteiger partial charge < -0.3 is 14.5 Å². The normalized spacial score (nSPS) is 18.6. The highest BCUT2D eigenvalue weighted by atomic mass is 32.2. The SMILES string of the molecule is O=C(c1ccc(NS(=O)(=O)c2cccc3cccnc23)cc1)N1CCN(C(=O)C2CCCO2)CC1. The lowest BCUT2D eigenvalue weighted by Gasteiger charge is -2.35. The van der Waals surface area contributed by atoms with E-state index in [9.17, 15) is 18.0 Å². The first-order valence-corrected chi connectivity index (χ1v) is 13.1. The maximum atomic E-state index is 13.0. The molecular formula is C25H26N4O5S. The summed E-state index contributed by atoms with van der Waals surface area (Å²) < 4.78 is 34.0. The number of ether oxygens (including phenoxy) is 1. The molecule has 1 unspecified atom stereocenters. The van der Waals surface area contributed by atoms with E-state index in [0.717, 1.165) is 18.2 Å². The van der Waals surface area contributed by atoms with Crippen molar-refractivity contribution in [3.63, 3.8) is 0 Å². The zero-order valence-corrected chi connectivity index (χ0v) is 19.9. The van der Waals surface area contributed by atoms with Crippen molar-refractivity contribution < 1.29 is 22.7 Å². The minimum absolute atomic E-state index is 0.00707. The Morgan fingerprint density at radius 3 is 2.37 bits per heavy atom.